The summed E-state index contributed by atoms with van der Waals surface area (Å²) in [6, 6.07) is 6.00. The quantitative estimate of drug-likeness (QED) is 0.239. The number of carboxylic acid groups (broad SMARTS) is 1. The van der Waals surface area contributed by atoms with Gasteiger partial charge < -0.3 is 5.11 Å². The lowest BCUT2D eigenvalue weighted by Crippen LogP contribution is -2.65. The minimum Gasteiger partial charge on any atom is -0.481 e. The lowest BCUT2D eigenvalue weighted by atomic mass is 9.34. The molecule has 0 aromatic heterocycles. The van der Waals surface area contributed by atoms with Crippen LogP contribution in [0.4, 0.5) is 11.4 Å². The monoisotopic (exact) mass is 520 g/mol. The van der Waals surface area contributed by atoms with Gasteiger partial charge in [0.05, 0.1) is 22.2 Å². The van der Waals surface area contributed by atoms with Gasteiger partial charge in [0.15, 0.2) is 0 Å². The van der Waals surface area contributed by atoms with Gasteiger partial charge in [0.25, 0.3) is 5.69 Å². The van der Waals surface area contributed by atoms with E-state index >= 15 is 0 Å². The predicted molar refractivity (Wildman–Crippen MR) is 140 cm³/mol. The molecular weight excluding hydrogens is 484 g/mol. The van der Waals surface area contributed by atoms with Crippen molar-refractivity contribution >= 4 is 29.2 Å². The number of nitro groups is 1. The molecule has 0 unspecified atom stereocenters. The third-order valence-corrected chi connectivity index (χ3v) is 11.5. The molecular formula is C30H36N2O6. The zero-order valence-corrected chi connectivity index (χ0v) is 22.5. The molecule has 2 amide bonds. The van der Waals surface area contributed by atoms with Gasteiger partial charge in [-0.05, 0) is 74.2 Å². The maximum Gasteiger partial charge on any atom is 0.309 e. The summed E-state index contributed by atoms with van der Waals surface area (Å²) in [5, 5.41) is 22.1. The number of hydrogen-bond donors (Lipinski definition) is 1. The smallest absolute Gasteiger partial charge is 0.309 e. The summed E-state index contributed by atoms with van der Waals surface area (Å²) in [5.41, 5.74) is -0.593. The first kappa shape index (κ1) is 25.3. The maximum absolute atomic E-state index is 14.3. The molecule has 5 aliphatic carbocycles. The highest BCUT2D eigenvalue weighted by Crippen LogP contribution is 2.74. The molecule has 8 atom stereocenters. The molecule has 1 saturated heterocycles. The standard InChI is InChI=1S/C30H36N2O6/c1-16(2)18-15-30-13-10-21-28(3,11-7-12-29(21,4)27(35)36)22(30)14-17(18)23-24(30)26(34)31(25(23)33)19-8-5-6-9-20(19)32(37)38/h5-6,8-9,15-17,21-24H,7,10-14H2,1-4H3,(H,35,36)/t17-,21+,22-,23+,24-,28-,29+,30+/m0/s1. The molecule has 8 nitrogen and oxygen atoms in total. The molecule has 1 N–H and O–H groups in total. The Morgan fingerprint density at radius 3 is 2.47 bits per heavy atom. The summed E-state index contributed by atoms with van der Waals surface area (Å²) in [6.07, 6.45) is 6.84. The molecule has 3 saturated carbocycles. The minimum absolute atomic E-state index is 0.00379. The van der Waals surface area contributed by atoms with Gasteiger partial charge in [0.2, 0.25) is 11.8 Å². The van der Waals surface area contributed by atoms with Crippen molar-refractivity contribution in [1.82, 2.24) is 0 Å². The van der Waals surface area contributed by atoms with E-state index in [4.69, 9.17) is 0 Å². The molecule has 2 bridgehead atoms. The highest BCUT2D eigenvalue weighted by Gasteiger charge is 2.73. The summed E-state index contributed by atoms with van der Waals surface area (Å²) in [4.78, 5) is 53.3. The zero-order chi connectivity index (χ0) is 27.4. The maximum atomic E-state index is 14.3. The number of hydrogen-bond acceptors (Lipinski definition) is 5. The van der Waals surface area contributed by atoms with Gasteiger partial charge in [0, 0.05) is 11.5 Å². The topological polar surface area (TPSA) is 118 Å². The number of allylic oxidation sites excluding steroid dienone is 2. The lowest BCUT2D eigenvalue weighted by molar-refractivity contribution is -0.384. The minimum atomic E-state index is -0.804. The van der Waals surface area contributed by atoms with Gasteiger partial charge in [0.1, 0.15) is 5.69 Å². The number of benzene rings is 1. The summed E-state index contributed by atoms with van der Waals surface area (Å²) in [7, 11) is 0. The van der Waals surface area contributed by atoms with Crippen molar-refractivity contribution in [2.45, 2.75) is 66.2 Å². The lowest BCUT2D eigenvalue weighted by Gasteiger charge is -2.68. The fourth-order valence-corrected chi connectivity index (χ4v) is 10.0. The van der Waals surface area contributed by atoms with Crippen molar-refractivity contribution in [2.24, 2.45) is 51.8 Å². The Bertz CT molecular complexity index is 1300. The third-order valence-electron chi connectivity index (χ3n) is 11.5. The van der Waals surface area contributed by atoms with Gasteiger partial charge in [-0.3, -0.25) is 24.5 Å². The van der Waals surface area contributed by atoms with Crippen LogP contribution in [0.25, 0.3) is 0 Å². The van der Waals surface area contributed by atoms with E-state index in [1.54, 1.807) is 12.1 Å². The number of nitro benzene ring substituents is 1. The van der Waals surface area contributed by atoms with Crippen molar-refractivity contribution < 1.29 is 24.4 Å². The molecule has 7 rings (SSSR count). The summed E-state index contributed by atoms with van der Waals surface area (Å²) < 4.78 is 0. The van der Waals surface area contributed by atoms with Crippen molar-refractivity contribution in [3.05, 3.63) is 46.0 Å². The molecule has 1 aromatic carbocycles. The van der Waals surface area contributed by atoms with Crippen LogP contribution in [0.3, 0.4) is 0 Å². The van der Waals surface area contributed by atoms with Crippen LogP contribution in [-0.4, -0.2) is 27.8 Å². The highest BCUT2D eigenvalue weighted by molar-refractivity contribution is 6.23. The number of rotatable bonds is 4. The number of anilines is 1. The Morgan fingerprint density at radius 2 is 1.82 bits per heavy atom. The van der Waals surface area contributed by atoms with Crippen LogP contribution in [0.2, 0.25) is 0 Å². The molecule has 1 aliphatic heterocycles. The first-order valence-corrected chi connectivity index (χ1v) is 14.0. The van der Waals surface area contributed by atoms with E-state index in [1.165, 1.54) is 17.7 Å². The molecule has 4 fully saturated rings. The van der Waals surface area contributed by atoms with Crippen molar-refractivity contribution in [2.75, 3.05) is 4.90 Å². The Balaban J connectivity index is 1.50. The fourth-order valence-electron chi connectivity index (χ4n) is 10.0. The van der Waals surface area contributed by atoms with Crippen LogP contribution < -0.4 is 4.90 Å². The predicted octanol–water partition coefficient (Wildman–Crippen LogP) is 5.61. The largest absolute Gasteiger partial charge is 0.481 e. The van der Waals surface area contributed by atoms with E-state index < -0.39 is 33.6 Å². The van der Waals surface area contributed by atoms with Crippen LogP contribution in [-0.2, 0) is 14.4 Å². The second kappa shape index (κ2) is 7.99. The molecule has 1 spiro atoms. The average molecular weight is 521 g/mol. The van der Waals surface area contributed by atoms with E-state index in [0.29, 0.717) is 19.3 Å². The van der Waals surface area contributed by atoms with Gasteiger partial charge in [-0.1, -0.05) is 51.0 Å². The van der Waals surface area contributed by atoms with Gasteiger partial charge in [-0.25, -0.2) is 4.90 Å². The van der Waals surface area contributed by atoms with Crippen molar-refractivity contribution in [1.29, 1.82) is 0 Å². The van der Waals surface area contributed by atoms with Crippen LogP contribution in [0.5, 0.6) is 0 Å². The van der Waals surface area contributed by atoms with E-state index in [0.717, 1.165) is 24.2 Å². The number of fused-ring (bicyclic) bond motifs is 1. The number of carboxylic acids is 1. The van der Waals surface area contributed by atoms with Gasteiger partial charge in [-0.2, -0.15) is 0 Å². The van der Waals surface area contributed by atoms with E-state index in [2.05, 4.69) is 26.8 Å². The molecule has 1 aromatic rings. The van der Waals surface area contributed by atoms with Crippen LogP contribution >= 0.6 is 0 Å². The second-order valence-corrected chi connectivity index (χ2v) is 13.2. The first-order chi connectivity index (χ1) is 17.9. The molecule has 202 valence electrons. The van der Waals surface area contributed by atoms with Crippen LogP contribution in [0, 0.1) is 61.9 Å². The first-order valence-electron chi connectivity index (χ1n) is 14.0. The van der Waals surface area contributed by atoms with E-state index in [9.17, 15) is 29.6 Å². The van der Waals surface area contributed by atoms with E-state index in [-0.39, 0.29) is 52.3 Å². The molecule has 6 aliphatic rings. The fraction of sp³-hybridized carbons (Fsp3) is 0.633. The van der Waals surface area contributed by atoms with Crippen molar-refractivity contribution in [3.63, 3.8) is 0 Å². The third kappa shape index (κ3) is 2.94. The molecule has 0 radical (unpaired) electrons. The molecule has 38 heavy (non-hydrogen) atoms. The number of imide groups is 1. The summed E-state index contributed by atoms with van der Waals surface area (Å²) in [6.45, 7) is 8.39. The number of nitrogens with zero attached hydrogens (tertiary/aromatic N) is 2. The zero-order valence-electron chi connectivity index (χ0n) is 22.5. The SMILES string of the molecule is CC(C)C1=C[C@]23CC[C@@H]4[C@](C)(CCC[C@@]4(C)C(=O)O)[C@@H]2C[C@@H]1[C@H]1C(=O)N(c2ccccc2[N+](=O)[O-])C(=O)[C@H]13. The molecule has 1 heterocycles. The Labute approximate surface area is 222 Å². The Morgan fingerprint density at radius 1 is 1.11 bits per heavy atom. The van der Waals surface area contributed by atoms with Crippen LogP contribution in [0.15, 0.2) is 35.9 Å². The number of amides is 2. The number of carbonyl (C=O) groups is 3. The normalized spacial score (nSPS) is 41.4. The second-order valence-electron chi connectivity index (χ2n) is 13.2. The van der Waals surface area contributed by atoms with Crippen LogP contribution in [0.1, 0.15) is 66.2 Å². The summed E-state index contributed by atoms with van der Waals surface area (Å²) in [5.74, 6) is -2.32. The van der Waals surface area contributed by atoms with Gasteiger partial charge in [-0.15, -0.1) is 0 Å². The number of para-hydroxylation sites is 2. The highest BCUT2D eigenvalue weighted by atomic mass is 16.6. The van der Waals surface area contributed by atoms with Crippen molar-refractivity contribution in [3.8, 4) is 0 Å². The van der Waals surface area contributed by atoms with E-state index in [1.807, 2.05) is 6.92 Å². The number of aliphatic carboxylic acids is 1. The Kier molecular flexibility index (Phi) is 5.31. The van der Waals surface area contributed by atoms with Gasteiger partial charge >= 0.3 is 5.97 Å². The molecule has 8 heteroatoms. The number of carbonyl (C=O) groups excluding carboxylic acids is 2. The average Bonchev–Trinajstić information content (AvgIpc) is 3.15. The Hall–Kier alpha value is -3.03. The summed E-state index contributed by atoms with van der Waals surface area (Å²) >= 11 is 0.